The van der Waals surface area contributed by atoms with Crippen LogP contribution >= 0.6 is 0 Å². The minimum Gasteiger partial charge on any atom is -0.362 e. The lowest BCUT2D eigenvalue weighted by atomic mass is 10.0. The summed E-state index contributed by atoms with van der Waals surface area (Å²) in [5.41, 5.74) is 3.06. The Morgan fingerprint density at radius 3 is 2.35 bits per heavy atom. The number of amides is 1. The Bertz CT molecular complexity index is 708. The van der Waals surface area contributed by atoms with Gasteiger partial charge in [-0.05, 0) is 37.7 Å². The molecule has 140 valence electrons. The Morgan fingerprint density at radius 1 is 1.12 bits per heavy atom. The molecule has 0 aliphatic carbocycles. The molecule has 0 radical (unpaired) electrons. The third-order valence-corrected chi connectivity index (χ3v) is 4.63. The number of likely N-dealkylation sites (N-methyl/N-ethyl adjacent to an activating group) is 1. The van der Waals surface area contributed by atoms with Crippen molar-refractivity contribution < 1.29 is 4.79 Å². The van der Waals surface area contributed by atoms with E-state index in [-0.39, 0.29) is 11.9 Å². The first-order valence-electron chi connectivity index (χ1n) is 9.19. The summed E-state index contributed by atoms with van der Waals surface area (Å²) < 4.78 is 0. The molecular weight excluding hydrogens is 324 g/mol. The minimum atomic E-state index is -0.0916. The summed E-state index contributed by atoms with van der Waals surface area (Å²) in [6.07, 6.45) is 1.71. The van der Waals surface area contributed by atoms with Gasteiger partial charge < -0.3 is 10.2 Å². The van der Waals surface area contributed by atoms with E-state index >= 15 is 0 Å². The lowest BCUT2D eigenvalue weighted by Crippen LogP contribution is -2.38. The number of carbonyl (C=O) groups is 1. The van der Waals surface area contributed by atoms with Gasteiger partial charge in [0.1, 0.15) is 5.82 Å². The van der Waals surface area contributed by atoms with Crippen LogP contribution in [0.1, 0.15) is 41.4 Å². The maximum absolute atomic E-state index is 12.8. The van der Waals surface area contributed by atoms with Crippen LogP contribution in [0.2, 0.25) is 0 Å². The second kappa shape index (κ2) is 9.34. The van der Waals surface area contributed by atoms with Gasteiger partial charge in [0.25, 0.3) is 5.91 Å². The van der Waals surface area contributed by atoms with E-state index in [1.165, 1.54) is 11.1 Å². The van der Waals surface area contributed by atoms with Gasteiger partial charge in [-0.25, -0.2) is 4.98 Å². The normalized spacial score (nSPS) is 12.1. The molecule has 1 atom stereocenters. The van der Waals surface area contributed by atoms with Crippen molar-refractivity contribution in [1.29, 1.82) is 0 Å². The highest BCUT2D eigenvalue weighted by molar-refractivity contribution is 5.98. The van der Waals surface area contributed by atoms with Gasteiger partial charge in [0.15, 0.2) is 0 Å². The molecule has 2 aromatic rings. The molecule has 0 bridgehead atoms. The molecule has 26 heavy (non-hydrogen) atoms. The predicted octanol–water partition coefficient (Wildman–Crippen LogP) is 3.27. The maximum atomic E-state index is 12.8. The molecule has 0 saturated carbocycles. The molecule has 0 spiro atoms. The number of nitrogens with one attached hydrogen (secondary N) is 1. The van der Waals surface area contributed by atoms with Crippen molar-refractivity contribution in [2.75, 3.05) is 38.6 Å². The van der Waals surface area contributed by atoms with E-state index in [1.807, 2.05) is 25.1 Å². The molecule has 0 aliphatic heterocycles. The topological polar surface area (TPSA) is 48.5 Å². The molecule has 1 aromatic heterocycles. The smallest absolute Gasteiger partial charge is 0.255 e. The van der Waals surface area contributed by atoms with E-state index in [0.717, 1.165) is 13.1 Å². The zero-order valence-electron chi connectivity index (χ0n) is 16.5. The van der Waals surface area contributed by atoms with E-state index in [0.29, 0.717) is 17.9 Å². The number of anilines is 1. The van der Waals surface area contributed by atoms with Crippen LogP contribution in [0.15, 0.2) is 42.6 Å². The molecule has 0 saturated heterocycles. The molecule has 5 heteroatoms. The maximum Gasteiger partial charge on any atom is 0.255 e. The number of hydrogen-bond donors (Lipinski definition) is 1. The van der Waals surface area contributed by atoms with Crippen LogP contribution < -0.4 is 10.2 Å². The number of aryl methyl sites for hydroxylation is 1. The van der Waals surface area contributed by atoms with Crippen molar-refractivity contribution >= 4 is 11.7 Å². The lowest BCUT2D eigenvalue weighted by molar-refractivity contribution is 0.0935. The van der Waals surface area contributed by atoms with Crippen molar-refractivity contribution in [3.63, 3.8) is 0 Å². The van der Waals surface area contributed by atoms with Gasteiger partial charge >= 0.3 is 0 Å². The van der Waals surface area contributed by atoms with Crippen molar-refractivity contribution in [2.24, 2.45) is 0 Å². The van der Waals surface area contributed by atoms with E-state index < -0.39 is 0 Å². The third kappa shape index (κ3) is 4.82. The highest BCUT2D eigenvalue weighted by atomic mass is 16.1. The number of carbonyl (C=O) groups excluding carboxylic acids is 1. The molecule has 1 unspecified atom stereocenters. The summed E-state index contributed by atoms with van der Waals surface area (Å²) in [7, 11) is 3.79. The molecule has 5 nitrogen and oxygen atoms in total. The first-order chi connectivity index (χ1) is 12.5. The molecule has 1 aromatic carbocycles. The van der Waals surface area contributed by atoms with E-state index in [9.17, 15) is 4.79 Å². The van der Waals surface area contributed by atoms with Gasteiger partial charge in [0, 0.05) is 26.8 Å². The van der Waals surface area contributed by atoms with Gasteiger partial charge in [-0.2, -0.15) is 0 Å². The van der Waals surface area contributed by atoms with Crippen molar-refractivity contribution in [2.45, 2.75) is 26.8 Å². The fourth-order valence-corrected chi connectivity index (χ4v) is 3.13. The largest absolute Gasteiger partial charge is 0.362 e. The average molecular weight is 354 g/mol. The standard InChI is InChI=1S/C21H30N4O/c1-6-25(7-2)19(17-12-10-16(3)11-13-17)15-23-21(26)18-9-8-14-22-20(18)24(4)5/h8-14,19H,6-7,15H2,1-5H3,(H,23,26). The summed E-state index contributed by atoms with van der Waals surface area (Å²) in [6, 6.07) is 12.3. The van der Waals surface area contributed by atoms with Gasteiger partial charge in [-0.1, -0.05) is 43.7 Å². The van der Waals surface area contributed by atoms with Crippen molar-refractivity contribution in [1.82, 2.24) is 15.2 Å². The summed E-state index contributed by atoms with van der Waals surface area (Å²) >= 11 is 0. The molecule has 1 N–H and O–H groups in total. The van der Waals surface area contributed by atoms with E-state index in [2.05, 4.69) is 60.2 Å². The number of pyridine rings is 1. The van der Waals surface area contributed by atoms with Gasteiger partial charge in [-0.15, -0.1) is 0 Å². The van der Waals surface area contributed by atoms with Crippen LogP contribution in [-0.2, 0) is 0 Å². The molecule has 2 rings (SSSR count). The molecule has 1 amide bonds. The highest BCUT2D eigenvalue weighted by Crippen LogP contribution is 2.21. The molecule has 0 aliphatic rings. The Balaban J connectivity index is 2.19. The Hall–Kier alpha value is -2.40. The average Bonchev–Trinajstić information content (AvgIpc) is 2.65. The van der Waals surface area contributed by atoms with Crippen LogP contribution in [0.3, 0.4) is 0 Å². The van der Waals surface area contributed by atoms with Crippen LogP contribution in [0.4, 0.5) is 5.82 Å². The Morgan fingerprint density at radius 2 is 1.77 bits per heavy atom. The van der Waals surface area contributed by atoms with Gasteiger partial charge in [0.2, 0.25) is 0 Å². The summed E-state index contributed by atoms with van der Waals surface area (Å²) in [5, 5.41) is 3.11. The fourth-order valence-electron chi connectivity index (χ4n) is 3.13. The number of benzene rings is 1. The molecule has 1 heterocycles. The van der Waals surface area contributed by atoms with Gasteiger partial charge in [-0.3, -0.25) is 9.69 Å². The quantitative estimate of drug-likeness (QED) is 0.790. The van der Waals surface area contributed by atoms with Crippen LogP contribution in [0.5, 0.6) is 0 Å². The number of nitrogens with zero attached hydrogens (tertiary/aromatic N) is 3. The zero-order valence-corrected chi connectivity index (χ0v) is 16.5. The summed E-state index contributed by atoms with van der Waals surface area (Å²) in [5.74, 6) is 0.589. The number of rotatable bonds is 8. The first kappa shape index (κ1) is 19.9. The zero-order chi connectivity index (χ0) is 19.1. The highest BCUT2D eigenvalue weighted by Gasteiger charge is 2.20. The summed E-state index contributed by atoms with van der Waals surface area (Å²) in [6.45, 7) is 8.81. The van der Waals surface area contributed by atoms with Crippen LogP contribution in [-0.4, -0.2) is 49.5 Å². The van der Waals surface area contributed by atoms with Crippen LogP contribution in [0.25, 0.3) is 0 Å². The molecule has 0 fully saturated rings. The predicted molar refractivity (Wildman–Crippen MR) is 108 cm³/mol. The van der Waals surface area contributed by atoms with E-state index in [1.54, 1.807) is 12.3 Å². The first-order valence-corrected chi connectivity index (χ1v) is 9.19. The summed E-state index contributed by atoms with van der Waals surface area (Å²) in [4.78, 5) is 21.3. The monoisotopic (exact) mass is 354 g/mol. The lowest BCUT2D eigenvalue weighted by Gasteiger charge is -2.30. The second-order valence-electron chi connectivity index (χ2n) is 6.63. The Kier molecular flexibility index (Phi) is 7.16. The SMILES string of the molecule is CCN(CC)C(CNC(=O)c1cccnc1N(C)C)c1ccc(C)cc1. The number of aromatic nitrogens is 1. The van der Waals surface area contributed by atoms with Crippen molar-refractivity contribution in [3.05, 3.63) is 59.3 Å². The second-order valence-corrected chi connectivity index (χ2v) is 6.63. The van der Waals surface area contributed by atoms with Crippen LogP contribution in [0, 0.1) is 6.92 Å². The molecular formula is C21H30N4O. The third-order valence-electron chi connectivity index (χ3n) is 4.63. The fraction of sp³-hybridized carbons (Fsp3) is 0.429. The number of hydrogen-bond acceptors (Lipinski definition) is 4. The van der Waals surface area contributed by atoms with Gasteiger partial charge in [0.05, 0.1) is 11.6 Å². The Labute approximate surface area is 157 Å². The minimum absolute atomic E-state index is 0.0916. The van der Waals surface area contributed by atoms with E-state index in [4.69, 9.17) is 0 Å². The van der Waals surface area contributed by atoms with Crippen molar-refractivity contribution in [3.8, 4) is 0 Å².